The van der Waals surface area contributed by atoms with Crippen molar-refractivity contribution in [3.8, 4) is 0 Å². The summed E-state index contributed by atoms with van der Waals surface area (Å²) in [5.74, 6) is 2.73. The van der Waals surface area contributed by atoms with Crippen molar-refractivity contribution < 1.29 is 12.8 Å². The van der Waals surface area contributed by atoms with Gasteiger partial charge in [0.05, 0.1) is 11.9 Å². The molecule has 2 atom stereocenters. The second kappa shape index (κ2) is 7.89. The average Bonchev–Trinajstić information content (AvgIpc) is 3.12. The van der Waals surface area contributed by atoms with Crippen molar-refractivity contribution >= 4 is 15.7 Å². The average molecular weight is 404 g/mol. The first-order valence-corrected chi connectivity index (χ1v) is 11.6. The summed E-state index contributed by atoms with van der Waals surface area (Å²) in [4.78, 5) is 2.82. The Hall–Kier alpha value is -1.83. The van der Waals surface area contributed by atoms with E-state index >= 15 is 0 Å². The van der Waals surface area contributed by atoms with Crippen LogP contribution in [0.1, 0.15) is 43.6 Å². The zero-order valence-corrected chi connectivity index (χ0v) is 17.3. The molecule has 2 aliphatic heterocycles. The monoisotopic (exact) mass is 403 g/mol. The molecule has 28 heavy (non-hydrogen) atoms. The second-order valence-electron chi connectivity index (χ2n) is 8.06. The van der Waals surface area contributed by atoms with Gasteiger partial charge in [0, 0.05) is 5.92 Å². The van der Waals surface area contributed by atoms with Crippen LogP contribution in [0.4, 0.5) is 5.69 Å². The topological polar surface area (TPSA) is 74.6 Å². The van der Waals surface area contributed by atoms with E-state index < -0.39 is 10.0 Å². The van der Waals surface area contributed by atoms with E-state index in [4.69, 9.17) is 4.42 Å². The summed E-state index contributed by atoms with van der Waals surface area (Å²) < 4.78 is 33.6. The minimum Gasteiger partial charge on any atom is -0.466 e. The van der Waals surface area contributed by atoms with E-state index in [1.165, 1.54) is 0 Å². The molecular formula is C21H29N3O3S. The van der Waals surface area contributed by atoms with Crippen molar-refractivity contribution in [1.82, 2.24) is 9.62 Å². The van der Waals surface area contributed by atoms with Crippen LogP contribution in [0.15, 0.2) is 45.7 Å². The van der Waals surface area contributed by atoms with E-state index in [0.29, 0.717) is 22.4 Å². The standard InChI is InChI=1S/C21H29N3O3S/c1-15(19-8-7-16(2)27-19)9-12-24-13-10-17(11-14-24)21-22-18-5-3-4-6-20(18)28(25,26)23-21/h3-8,15,17,21-23H,9-14H2,1-2H3. The SMILES string of the molecule is Cc1ccc(C(C)CCN2CCC(C3Nc4ccccc4S(=O)(=O)N3)CC2)o1. The Kier molecular flexibility index (Phi) is 5.49. The molecule has 1 aromatic carbocycles. The number of hydrogen-bond donors (Lipinski definition) is 2. The third-order valence-electron chi connectivity index (χ3n) is 6.00. The van der Waals surface area contributed by atoms with Crippen LogP contribution in [-0.4, -0.2) is 39.1 Å². The van der Waals surface area contributed by atoms with Crippen molar-refractivity contribution in [3.63, 3.8) is 0 Å². The van der Waals surface area contributed by atoms with E-state index in [0.717, 1.165) is 50.4 Å². The number of nitrogens with zero attached hydrogens (tertiary/aromatic N) is 1. The maximum absolute atomic E-state index is 12.5. The predicted octanol–water partition coefficient (Wildman–Crippen LogP) is 3.52. The molecule has 0 amide bonds. The number of sulfonamides is 1. The van der Waals surface area contributed by atoms with Gasteiger partial charge in [0.25, 0.3) is 0 Å². The highest BCUT2D eigenvalue weighted by Gasteiger charge is 2.35. The molecule has 6 nitrogen and oxygen atoms in total. The van der Waals surface area contributed by atoms with Gasteiger partial charge in [0.15, 0.2) is 0 Å². The fourth-order valence-corrected chi connectivity index (χ4v) is 5.60. The lowest BCUT2D eigenvalue weighted by Gasteiger charge is -2.39. The lowest BCUT2D eigenvalue weighted by atomic mass is 9.93. The predicted molar refractivity (Wildman–Crippen MR) is 110 cm³/mol. The van der Waals surface area contributed by atoms with E-state index in [1.54, 1.807) is 12.1 Å². The Labute approximate surface area is 167 Å². The molecule has 3 heterocycles. The number of piperidine rings is 1. The molecule has 0 radical (unpaired) electrons. The van der Waals surface area contributed by atoms with Crippen molar-refractivity contribution in [1.29, 1.82) is 0 Å². The molecule has 1 saturated heterocycles. The molecule has 0 spiro atoms. The zero-order chi connectivity index (χ0) is 19.7. The molecule has 0 aliphatic carbocycles. The van der Waals surface area contributed by atoms with Crippen LogP contribution < -0.4 is 10.0 Å². The van der Waals surface area contributed by atoms with Gasteiger partial charge in [-0.1, -0.05) is 19.1 Å². The molecule has 2 aliphatic rings. The fourth-order valence-electron chi connectivity index (χ4n) is 4.21. The molecule has 1 fully saturated rings. The van der Waals surface area contributed by atoms with Gasteiger partial charge in [-0.05, 0) is 76.0 Å². The van der Waals surface area contributed by atoms with Crippen LogP contribution in [0, 0.1) is 12.8 Å². The molecule has 1 aromatic heterocycles. The lowest BCUT2D eigenvalue weighted by Crippen LogP contribution is -2.52. The highest BCUT2D eigenvalue weighted by atomic mass is 32.2. The fraction of sp³-hybridized carbons (Fsp3) is 0.524. The molecule has 2 N–H and O–H groups in total. The van der Waals surface area contributed by atoms with Gasteiger partial charge < -0.3 is 14.6 Å². The lowest BCUT2D eigenvalue weighted by molar-refractivity contribution is 0.165. The first kappa shape index (κ1) is 19.5. The summed E-state index contributed by atoms with van der Waals surface area (Å²) in [6.07, 6.45) is 2.80. The van der Waals surface area contributed by atoms with Crippen LogP contribution in [0.2, 0.25) is 0 Å². The zero-order valence-electron chi connectivity index (χ0n) is 16.5. The largest absolute Gasteiger partial charge is 0.466 e. The number of fused-ring (bicyclic) bond motifs is 1. The van der Waals surface area contributed by atoms with E-state index in [2.05, 4.69) is 27.9 Å². The molecular weight excluding hydrogens is 374 g/mol. The van der Waals surface area contributed by atoms with Gasteiger partial charge in [-0.15, -0.1) is 0 Å². The van der Waals surface area contributed by atoms with Crippen LogP contribution in [0.3, 0.4) is 0 Å². The van der Waals surface area contributed by atoms with Crippen LogP contribution in [0.25, 0.3) is 0 Å². The quantitative estimate of drug-likeness (QED) is 0.799. The smallest absolute Gasteiger partial charge is 0.244 e. The summed E-state index contributed by atoms with van der Waals surface area (Å²) in [6, 6.07) is 11.2. The number of anilines is 1. The molecule has 0 saturated carbocycles. The Balaban J connectivity index is 1.30. The Bertz CT molecular complexity index is 916. The molecule has 0 bridgehead atoms. The number of aryl methyl sites for hydroxylation is 1. The van der Waals surface area contributed by atoms with E-state index in [9.17, 15) is 8.42 Å². The Morgan fingerprint density at radius 1 is 1.18 bits per heavy atom. The number of hydrogen-bond acceptors (Lipinski definition) is 5. The van der Waals surface area contributed by atoms with Crippen molar-refractivity contribution in [2.45, 2.75) is 50.1 Å². The van der Waals surface area contributed by atoms with Crippen molar-refractivity contribution in [2.24, 2.45) is 5.92 Å². The van der Waals surface area contributed by atoms with Crippen molar-refractivity contribution in [2.75, 3.05) is 25.0 Å². The first-order chi connectivity index (χ1) is 13.4. The number of para-hydroxylation sites is 1. The highest BCUT2D eigenvalue weighted by Crippen LogP contribution is 2.31. The third-order valence-corrected chi connectivity index (χ3v) is 7.50. The number of likely N-dealkylation sites (tertiary alicyclic amines) is 1. The maximum Gasteiger partial charge on any atom is 0.244 e. The maximum atomic E-state index is 12.5. The molecule has 4 rings (SSSR count). The minimum absolute atomic E-state index is 0.230. The minimum atomic E-state index is -3.44. The molecule has 7 heteroatoms. The number of rotatable bonds is 5. The number of furan rings is 1. The van der Waals surface area contributed by atoms with Gasteiger partial charge in [-0.3, -0.25) is 0 Å². The number of nitrogens with one attached hydrogen (secondary N) is 2. The van der Waals surface area contributed by atoms with Crippen LogP contribution in [-0.2, 0) is 10.0 Å². The van der Waals surface area contributed by atoms with Crippen LogP contribution in [0.5, 0.6) is 0 Å². The van der Waals surface area contributed by atoms with Gasteiger partial charge in [-0.2, -0.15) is 4.72 Å². The van der Waals surface area contributed by atoms with Gasteiger partial charge in [0.1, 0.15) is 16.4 Å². The van der Waals surface area contributed by atoms with Gasteiger partial charge in [0.2, 0.25) is 10.0 Å². The molecule has 2 aromatic rings. The highest BCUT2D eigenvalue weighted by molar-refractivity contribution is 7.89. The normalized spacial score (nSPS) is 23.7. The summed E-state index contributed by atoms with van der Waals surface area (Å²) in [5, 5.41) is 3.39. The van der Waals surface area contributed by atoms with Crippen LogP contribution >= 0.6 is 0 Å². The Morgan fingerprint density at radius 2 is 1.93 bits per heavy atom. The summed E-state index contributed by atoms with van der Waals surface area (Å²) in [7, 11) is -3.44. The Morgan fingerprint density at radius 3 is 2.64 bits per heavy atom. The second-order valence-corrected chi connectivity index (χ2v) is 9.74. The van der Waals surface area contributed by atoms with E-state index in [-0.39, 0.29) is 6.17 Å². The molecule has 152 valence electrons. The first-order valence-electron chi connectivity index (χ1n) is 10.1. The van der Waals surface area contributed by atoms with Gasteiger partial charge >= 0.3 is 0 Å². The summed E-state index contributed by atoms with van der Waals surface area (Å²) in [5.41, 5.74) is 0.705. The van der Waals surface area contributed by atoms with E-state index in [1.807, 2.05) is 25.1 Å². The molecule has 2 unspecified atom stereocenters. The van der Waals surface area contributed by atoms with Gasteiger partial charge in [-0.25, -0.2) is 8.42 Å². The van der Waals surface area contributed by atoms with Crippen molar-refractivity contribution in [3.05, 3.63) is 47.9 Å². The third kappa shape index (κ3) is 4.11. The summed E-state index contributed by atoms with van der Waals surface area (Å²) >= 11 is 0. The summed E-state index contributed by atoms with van der Waals surface area (Å²) in [6.45, 7) is 7.22. The number of benzene rings is 1.